The van der Waals surface area contributed by atoms with Crippen LogP contribution in [0.25, 0.3) is 0 Å². The molecule has 2 rings (SSSR count). The van der Waals surface area contributed by atoms with Crippen LogP contribution in [0, 0.1) is 36.5 Å². The van der Waals surface area contributed by atoms with Crippen LogP contribution in [0.1, 0.15) is 44.2 Å². The summed E-state index contributed by atoms with van der Waals surface area (Å²) in [6, 6.07) is 8.49. The summed E-state index contributed by atoms with van der Waals surface area (Å²) in [5, 5.41) is 0. The molecule has 3 atom stereocenters. The molecule has 0 aliphatic heterocycles. The van der Waals surface area contributed by atoms with Crippen LogP contribution in [0.15, 0.2) is 36.4 Å². The molecule has 0 nitrogen and oxygen atoms in total. The molecule has 1 aromatic rings. The number of benzene rings is 1. The van der Waals surface area contributed by atoms with Crippen LogP contribution in [-0.4, -0.2) is 0 Å². The highest BCUT2D eigenvalue weighted by atomic mass is 14.3. The summed E-state index contributed by atoms with van der Waals surface area (Å²) in [7, 11) is 0. The average molecular weight is 252 g/mol. The first kappa shape index (κ1) is 13.9. The predicted molar refractivity (Wildman–Crippen MR) is 82.9 cm³/mol. The summed E-state index contributed by atoms with van der Waals surface area (Å²) in [5.41, 5.74) is 3.72. The van der Waals surface area contributed by atoms with Crippen LogP contribution in [-0.2, 0) is 0 Å². The normalized spacial score (nSPS) is 26.4. The fourth-order valence-electron chi connectivity index (χ4n) is 2.94. The van der Waals surface area contributed by atoms with Crippen LogP contribution in [0.2, 0.25) is 0 Å². The molecular formula is C19H24. The minimum Gasteiger partial charge on any atom is -0.0998 e. The van der Waals surface area contributed by atoms with E-state index in [4.69, 9.17) is 0 Å². The van der Waals surface area contributed by atoms with Gasteiger partial charge >= 0.3 is 0 Å². The van der Waals surface area contributed by atoms with Crippen molar-refractivity contribution in [2.75, 3.05) is 0 Å². The van der Waals surface area contributed by atoms with Gasteiger partial charge in [-0.15, -0.1) is 0 Å². The Hall–Kier alpha value is -1.48. The summed E-state index contributed by atoms with van der Waals surface area (Å²) in [6.45, 7) is 10.8. The van der Waals surface area contributed by atoms with Crippen LogP contribution < -0.4 is 0 Å². The maximum atomic E-state index is 4.15. The SMILES string of the molecule is C=C(C)C1CC[C@@H](C)CC1C#Cc1ccc(C)cc1. The quantitative estimate of drug-likeness (QED) is 0.489. The van der Waals surface area contributed by atoms with Crippen molar-refractivity contribution < 1.29 is 0 Å². The average Bonchev–Trinajstić information content (AvgIpc) is 2.38. The largest absolute Gasteiger partial charge is 0.0998 e. The van der Waals surface area contributed by atoms with E-state index in [9.17, 15) is 0 Å². The molecule has 0 spiro atoms. The van der Waals surface area contributed by atoms with Crippen molar-refractivity contribution in [2.45, 2.75) is 40.0 Å². The molecule has 1 saturated carbocycles. The van der Waals surface area contributed by atoms with E-state index in [1.165, 1.54) is 30.4 Å². The Kier molecular flexibility index (Phi) is 4.48. The topological polar surface area (TPSA) is 0 Å². The molecule has 19 heavy (non-hydrogen) atoms. The van der Waals surface area contributed by atoms with Gasteiger partial charge in [0.25, 0.3) is 0 Å². The Balaban J connectivity index is 2.15. The van der Waals surface area contributed by atoms with Crippen LogP contribution in [0.3, 0.4) is 0 Å². The van der Waals surface area contributed by atoms with Crippen molar-refractivity contribution in [3.05, 3.63) is 47.5 Å². The molecule has 1 fully saturated rings. The summed E-state index contributed by atoms with van der Waals surface area (Å²) in [6.07, 6.45) is 3.79. The maximum Gasteiger partial charge on any atom is 0.0274 e. The van der Waals surface area contributed by atoms with E-state index in [2.05, 4.69) is 63.5 Å². The zero-order valence-electron chi connectivity index (χ0n) is 12.4. The predicted octanol–water partition coefficient (Wildman–Crippen LogP) is 4.98. The van der Waals surface area contributed by atoms with E-state index >= 15 is 0 Å². The lowest BCUT2D eigenvalue weighted by Crippen LogP contribution is -2.23. The molecular weight excluding hydrogens is 228 g/mol. The first-order valence-electron chi connectivity index (χ1n) is 7.30. The van der Waals surface area contributed by atoms with Gasteiger partial charge in [0.2, 0.25) is 0 Å². The monoisotopic (exact) mass is 252 g/mol. The van der Waals surface area contributed by atoms with Crippen molar-refractivity contribution in [1.29, 1.82) is 0 Å². The minimum absolute atomic E-state index is 0.488. The zero-order chi connectivity index (χ0) is 13.8. The van der Waals surface area contributed by atoms with Gasteiger partial charge in [-0.25, -0.2) is 0 Å². The molecule has 0 N–H and O–H groups in total. The van der Waals surface area contributed by atoms with Crippen LogP contribution in [0.5, 0.6) is 0 Å². The Morgan fingerprint density at radius 2 is 1.89 bits per heavy atom. The number of allylic oxidation sites excluding steroid dienone is 1. The smallest absolute Gasteiger partial charge is 0.0274 e. The summed E-state index contributed by atoms with van der Waals surface area (Å²) < 4.78 is 0. The van der Waals surface area contributed by atoms with Gasteiger partial charge in [-0.05, 0) is 50.7 Å². The lowest BCUT2D eigenvalue weighted by Gasteiger charge is -2.32. The van der Waals surface area contributed by atoms with Crippen molar-refractivity contribution >= 4 is 0 Å². The fourth-order valence-corrected chi connectivity index (χ4v) is 2.94. The summed E-state index contributed by atoms with van der Waals surface area (Å²) >= 11 is 0. The minimum atomic E-state index is 0.488. The van der Waals surface area contributed by atoms with E-state index in [0.717, 1.165) is 11.5 Å². The molecule has 0 aromatic heterocycles. The van der Waals surface area contributed by atoms with Gasteiger partial charge in [0.15, 0.2) is 0 Å². The van der Waals surface area contributed by atoms with Crippen molar-refractivity contribution in [2.24, 2.45) is 17.8 Å². The van der Waals surface area contributed by atoms with E-state index in [1.54, 1.807) is 0 Å². The molecule has 1 aliphatic carbocycles. The molecule has 1 aromatic carbocycles. The fraction of sp³-hybridized carbons (Fsp3) is 0.474. The Bertz CT molecular complexity index is 495. The third-order valence-electron chi connectivity index (χ3n) is 4.20. The molecule has 2 unspecified atom stereocenters. The van der Waals surface area contributed by atoms with Crippen molar-refractivity contribution in [1.82, 2.24) is 0 Å². The standard InChI is InChI=1S/C19H24/c1-14(2)19-12-7-16(4)13-18(19)11-10-17-8-5-15(3)6-9-17/h5-6,8-9,16,18-19H,1,7,12-13H2,2-4H3/t16-,18?,19?/m1/s1. The van der Waals surface area contributed by atoms with Crippen LogP contribution in [0.4, 0.5) is 0 Å². The second-order valence-corrected chi connectivity index (χ2v) is 6.11. The first-order chi connectivity index (χ1) is 9.06. The molecule has 0 radical (unpaired) electrons. The lowest BCUT2D eigenvalue weighted by molar-refractivity contribution is 0.265. The maximum absolute atomic E-state index is 4.15. The van der Waals surface area contributed by atoms with Gasteiger partial charge in [-0.3, -0.25) is 0 Å². The van der Waals surface area contributed by atoms with E-state index < -0.39 is 0 Å². The molecule has 0 heterocycles. The van der Waals surface area contributed by atoms with E-state index in [1.807, 2.05) is 0 Å². The summed E-state index contributed by atoms with van der Waals surface area (Å²) in [4.78, 5) is 0. The molecule has 1 aliphatic rings. The van der Waals surface area contributed by atoms with Crippen LogP contribution >= 0.6 is 0 Å². The molecule has 0 saturated heterocycles. The highest BCUT2D eigenvalue weighted by molar-refractivity contribution is 5.36. The van der Waals surface area contributed by atoms with Gasteiger partial charge < -0.3 is 0 Å². The van der Waals surface area contributed by atoms with E-state index in [0.29, 0.717) is 11.8 Å². The molecule has 0 amide bonds. The van der Waals surface area contributed by atoms with Gasteiger partial charge in [-0.1, -0.05) is 55.0 Å². The second kappa shape index (κ2) is 6.11. The Morgan fingerprint density at radius 3 is 2.53 bits per heavy atom. The highest BCUT2D eigenvalue weighted by Gasteiger charge is 2.27. The second-order valence-electron chi connectivity index (χ2n) is 6.11. The lowest BCUT2D eigenvalue weighted by atomic mass is 9.72. The summed E-state index contributed by atoms with van der Waals surface area (Å²) in [5.74, 6) is 8.74. The first-order valence-corrected chi connectivity index (χ1v) is 7.30. The number of aryl methyl sites for hydroxylation is 1. The third kappa shape index (κ3) is 3.74. The highest BCUT2D eigenvalue weighted by Crippen LogP contribution is 2.36. The third-order valence-corrected chi connectivity index (χ3v) is 4.20. The van der Waals surface area contributed by atoms with E-state index in [-0.39, 0.29) is 0 Å². The zero-order valence-corrected chi connectivity index (χ0v) is 12.4. The Labute approximate surface area is 117 Å². The Morgan fingerprint density at radius 1 is 1.21 bits per heavy atom. The van der Waals surface area contributed by atoms with Crippen molar-refractivity contribution in [3.63, 3.8) is 0 Å². The van der Waals surface area contributed by atoms with Gasteiger partial charge in [0.05, 0.1) is 0 Å². The number of hydrogen-bond acceptors (Lipinski definition) is 0. The molecule has 0 heteroatoms. The molecule has 0 bridgehead atoms. The van der Waals surface area contributed by atoms with Crippen molar-refractivity contribution in [3.8, 4) is 11.8 Å². The van der Waals surface area contributed by atoms with Gasteiger partial charge in [0, 0.05) is 11.5 Å². The number of hydrogen-bond donors (Lipinski definition) is 0. The molecule has 100 valence electrons. The number of rotatable bonds is 1. The van der Waals surface area contributed by atoms with Gasteiger partial charge in [-0.2, -0.15) is 0 Å². The van der Waals surface area contributed by atoms with Gasteiger partial charge in [0.1, 0.15) is 0 Å².